The van der Waals surface area contributed by atoms with Crippen LogP contribution in [0, 0.1) is 0 Å². The Labute approximate surface area is 145 Å². The number of hydrogen-bond acceptors (Lipinski definition) is 3. The van der Waals surface area contributed by atoms with Gasteiger partial charge >= 0.3 is 0 Å². The van der Waals surface area contributed by atoms with Crippen LogP contribution in [0.4, 0.5) is 0 Å². The Hall–Kier alpha value is -2.46. The molecule has 0 saturated heterocycles. The number of aromatic nitrogens is 1. The van der Waals surface area contributed by atoms with Gasteiger partial charge in [0.15, 0.2) is 0 Å². The summed E-state index contributed by atoms with van der Waals surface area (Å²) in [5.41, 5.74) is 2.89. The van der Waals surface area contributed by atoms with Crippen molar-refractivity contribution in [2.24, 2.45) is 0 Å². The van der Waals surface area contributed by atoms with Gasteiger partial charge in [0.1, 0.15) is 11.0 Å². The summed E-state index contributed by atoms with van der Waals surface area (Å²) in [5.74, 6) is 0.545. The predicted molar refractivity (Wildman–Crippen MR) is 96.3 cm³/mol. The Kier molecular flexibility index (Phi) is 4.13. The van der Waals surface area contributed by atoms with Crippen molar-refractivity contribution in [1.82, 2.24) is 10.3 Å². The molecule has 1 aliphatic carbocycles. The summed E-state index contributed by atoms with van der Waals surface area (Å²) in [5, 5.41) is 6.24. The van der Waals surface area contributed by atoms with Crippen LogP contribution in [0.15, 0.2) is 66.0 Å². The molecule has 0 bridgehead atoms. The van der Waals surface area contributed by atoms with Gasteiger partial charge in [0, 0.05) is 16.9 Å². The summed E-state index contributed by atoms with van der Waals surface area (Å²) in [6.07, 6.45) is 2.46. The summed E-state index contributed by atoms with van der Waals surface area (Å²) >= 11 is 1.63. The molecule has 120 valence electrons. The van der Waals surface area contributed by atoms with E-state index in [0.717, 1.165) is 10.6 Å². The molecule has 1 amide bonds. The van der Waals surface area contributed by atoms with Gasteiger partial charge in [0.2, 0.25) is 0 Å². The van der Waals surface area contributed by atoms with Gasteiger partial charge < -0.3 is 5.32 Å². The normalized spacial score (nSPS) is 15.0. The first-order valence-corrected chi connectivity index (χ1v) is 9.05. The second-order valence-corrected chi connectivity index (χ2v) is 6.96. The zero-order chi connectivity index (χ0) is 16.4. The fourth-order valence-corrected chi connectivity index (χ4v) is 3.71. The van der Waals surface area contributed by atoms with E-state index in [1.54, 1.807) is 11.3 Å². The van der Waals surface area contributed by atoms with Gasteiger partial charge in [-0.2, -0.15) is 0 Å². The zero-order valence-corrected chi connectivity index (χ0v) is 14.0. The summed E-state index contributed by atoms with van der Waals surface area (Å²) in [7, 11) is 0. The monoisotopic (exact) mass is 334 g/mol. The minimum absolute atomic E-state index is 0.0763. The van der Waals surface area contributed by atoms with Crippen molar-refractivity contribution >= 4 is 17.2 Å². The van der Waals surface area contributed by atoms with E-state index in [1.807, 2.05) is 60.7 Å². The first-order valence-electron chi connectivity index (χ1n) is 8.17. The topological polar surface area (TPSA) is 42.0 Å². The lowest BCUT2D eigenvalue weighted by atomic mass is 10.1. The van der Waals surface area contributed by atoms with Crippen molar-refractivity contribution in [3.8, 4) is 0 Å². The molecule has 1 atom stereocenters. The van der Waals surface area contributed by atoms with Crippen LogP contribution >= 0.6 is 11.3 Å². The van der Waals surface area contributed by atoms with Gasteiger partial charge in [-0.1, -0.05) is 48.5 Å². The van der Waals surface area contributed by atoms with Gasteiger partial charge in [-0.3, -0.25) is 4.79 Å². The van der Waals surface area contributed by atoms with E-state index in [4.69, 9.17) is 4.98 Å². The molecule has 1 N–H and O–H groups in total. The van der Waals surface area contributed by atoms with Crippen molar-refractivity contribution in [2.75, 3.05) is 0 Å². The summed E-state index contributed by atoms with van der Waals surface area (Å²) < 4.78 is 0. The van der Waals surface area contributed by atoms with E-state index >= 15 is 0 Å². The van der Waals surface area contributed by atoms with E-state index in [1.165, 1.54) is 18.5 Å². The second kappa shape index (κ2) is 6.57. The molecule has 4 heteroatoms. The molecule has 1 aromatic heterocycles. The summed E-state index contributed by atoms with van der Waals surface area (Å²) in [6.45, 7) is 0. The van der Waals surface area contributed by atoms with Crippen molar-refractivity contribution in [1.29, 1.82) is 0 Å². The number of carbonyl (C=O) groups is 1. The lowest BCUT2D eigenvalue weighted by Gasteiger charge is -2.17. The lowest BCUT2D eigenvalue weighted by molar-refractivity contribution is 0.0943. The molecule has 4 rings (SSSR count). The van der Waals surface area contributed by atoms with Crippen molar-refractivity contribution < 1.29 is 4.79 Å². The number of rotatable bonds is 5. The van der Waals surface area contributed by atoms with Crippen LogP contribution in [0.3, 0.4) is 0 Å². The Balaban J connectivity index is 1.64. The number of nitrogens with zero attached hydrogens (tertiary/aromatic N) is 1. The number of nitrogens with one attached hydrogen (secondary N) is 1. The molecule has 2 aromatic carbocycles. The highest BCUT2D eigenvalue weighted by atomic mass is 32.1. The fourth-order valence-electron chi connectivity index (χ4n) is 2.74. The first kappa shape index (κ1) is 15.1. The minimum Gasteiger partial charge on any atom is -0.339 e. The Bertz CT molecular complexity index is 825. The van der Waals surface area contributed by atoms with E-state index < -0.39 is 0 Å². The zero-order valence-electron chi connectivity index (χ0n) is 13.2. The van der Waals surface area contributed by atoms with E-state index in [-0.39, 0.29) is 11.9 Å². The van der Waals surface area contributed by atoms with Crippen LogP contribution in [0.5, 0.6) is 0 Å². The molecule has 1 saturated carbocycles. The smallest absolute Gasteiger partial charge is 0.252 e. The van der Waals surface area contributed by atoms with E-state index in [2.05, 4.69) is 10.7 Å². The molecule has 1 unspecified atom stereocenters. The SMILES string of the molecule is O=C(NC(c1ccccc1)c1nc(C2CC2)cs1)c1ccccc1. The molecule has 0 spiro atoms. The molecule has 1 heterocycles. The van der Waals surface area contributed by atoms with Crippen molar-refractivity contribution in [3.05, 3.63) is 87.9 Å². The molecular weight excluding hydrogens is 316 g/mol. The molecule has 1 aliphatic rings. The van der Waals surface area contributed by atoms with Crippen LogP contribution in [0.1, 0.15) is 51.4 Å². The highest BCUT2D eigenvalue weighted by molar-refractivity contribution is 7.09. The van der Waals surface area contributed by atoms with Gasteiger partial charge in [0.25, 0.3) is 5.91 Å². The standard InChI is InChI=1S/C20H18N2OS/c23-19(16-9-5-2-6-10-16)22-18(15-7-3-1-4-8-15)20-21-17(13-24-20)14-11-12-14/h1-10,13-14,18H,11-12H2,(H,22,23). The number of thiazole rings is 1. The third kappa shape index (κ3) is 3.24. The second-order valence-electron chi connectivity index (χ2n) is 6.07. The predicted octanol–water partition coefficient (Wildman–Crippen LogP) is 4.54. The average Bonchev–Trinajstić information content (AvgIpc) is 3.38. The van der Waals surface area contributed by atoms with Crippen LogP contribution in [0.2, 0.25) is 0 Å². The summed E-state index contributed by atoms with van der Waals surface area (Å²) in [6, 6.07) is 19.1. The van der Waals surface area contributed by atoms with Crippen LogP contribution in [0.25, 0.3) is 0 Å². The largest absolute Gasteiger partial charge is 0.339 e. The van der Waals surface area contributed by atoms with Crippen molar-refractivity contribution in [3.63, 3.8) is 0 Å². The maximum absolute atomic E-state index is 12.6. The van der Waals surface area contributed by atoms with E-state index in [0.29, 0.717) is 11.5 Å². The average molecular weight is 334 g/mol. The molecule has 0 radical (unpaired) electrons. The highest BCUT2D eigenvalue weighted by Gasteiger charge is 2.28. The van der Waals surface area contributed by atoms with Crippen LogP contribution < -0.4 is 5.32 Å². The Morgan fingerprint density at radius 2 is 1.71 bits per heavy atom. The number of carbonyl (C=O) groups excluding carboxylic acids is 1. The number of hydrogen-bond donors (Lipinski definition) is 1. The van der Waals surface area contributed by atoms with Crippen molar-refractivity contribution in [2.45, 2.75) is 24.8 Å². The summed E-state index contributed by atoms with van der Waals surface area (Å²) in [4.78, 5) is 17.4. The minimum atomic E-state index is -0.212. The fraction of sp³-hybridized carbons (Fsp3) is 0.200. The van der Waals surface area contributed by atoms with Gasteiger partial charge in [-0.15, -0.1) is 11.3 Å². The molecule has 0 aliphatic heterocycles. The molecular formula is C20H18N2OS. The van der Waals surface area contributed by atoms with Gasteiger partial charge in [-0.05, 0) is 30.5 Å². The lowest BCUT2D eigenvalue weighted by Crippen LogP contribution is -2.29. The van der Waals surface area contributed by atoms with Gasteiger partial charge in [0.05, 0.1) is 5.69 Å². The third-order valence-corrected chi connectivity index (χ3v) is 5.15. The van der Waals surface area contributed by atoms with Crippen LogP contribution in [-0.4, -0.2) is 10.9 Å². The Morgan fingerprint density at radius 3 is 2.38 bits per heavy atom. The quantitative estimate of drug-likeness (QED) is 0.744. The highest BCUT2D eigenvalue weighted by Crippen LogP contribution is 2.41. The van der Waals surface area contributed by atoms with Gasteiger partial charge in [-0.25, -0.2) is 4.98 Å². The van der Waals surface area contributed by atoms with E-state index in [9.17, 15) is 4.79 Å². The maximum atomic E-state index is 12.6. The first-order chi connectivity index (χ1) is 11.8. The number of amides is 1. The number of benzene rings is 2. The maximum Gasteiger partial charge on any atom is 0.252 e. The molecule has 24 heavy (non-hydrogen) atoms. The third-order valence-electron chi connectivity index (χ3n) is 4.23. The molecule has 1 fully saturated rings. The van der Waals surface area contributed by atoms with Crippen LogP contribution in [-0.2, 0) is 0 Å². The Morgan fingerprint density at radius 1 is 1.04 bits per heavy atom. The molecule has 3 nitrogen and oxygen atoms in total. The molecule has 3 aromatic rings.